The fourth-order valence-corrected chi connectivity index (χ4v) is 14.8. The molecule has 0 bridgehead atoms. The zero-order chi connectivity index (χ0) is 67.2. The Labute approximate surface area is 533 Å². The summed E-state index contributed by atoms with van der Waals surface area (Å²) in [6, 6.07) is 9.00. The van der Waals surface area contributed by atoms with Crippen molar-refractivity contribution >= 4 is 79.8 Å². The van der Waals surface area contributed by atoms with Crippen LogP contribution >= 0.6 is 27.4 Å². The van der Waals surface area contributed by atoms with Crippen molar-refractivity contribution in [1.29, 1.82) is 0 Å². The predicted octanol–water partition coefficient (Wildman–Crippen LogP) is -2.10. The number of phosphoric acid groups is 2. The second-order valence-electron chi connectivity index (χ2n) is 22.3. The van der Waals surface area contributed by atoms with Gasteiger partial charge in [-0.05, 0) is 43.4 Å². The topological polar surface area (TPSA) is 537 Å². The van der Waals surface area contributed by atoms with E-state index in [2.05, 4.69) is 40.9 Å². The van der Waals surface area contributed by atoms with Gasteiger partial charge in [-0.1, -0.05) is 43.2 Å². The van der Waals surface area contributed by atoms with Gasteiger partial charge in [0.1, 0.15) is 78.4 Å². The number of aliphatic hydroxyl groups is 4. The molecule has 16 N–H and O–H groups in total. The van der Waals surface area contributed by atoms with Crippen LogP contribution in [-0.2, 0) is 67.0 Å². The molecule has 0 spiro atoms. The normalized spacial score (nSPS) is 29.2. The van der Waals surface area contributed by atoms with Crippen molar-refractivity contribution in [2.75, 3.05) is 49.3 Å². The largest absolute Gasteiger partial charge is 0.472 e. The summed E-state index contributed by atoms with van der Waals surface area (Å²) in [5, 5.41) is 54.5. The van der Waals surface area contributed by atoms with E-state index in [1.54, 1.807) is 30.3 Å². The quantitative estimate of drug-likeness (QED) is 0.00770. The lowest BCUT2D eigenvalue weighted by Crippen LogP contribution is -2.47. The van der Waals surface area contributed by atoms with E-state index in [0.29, 0.717) is 47.7 Å². The number of nitrogens with one attached hydrogen (secondary N) is 4. The standard InChI is InChI=1S/C53H71N15O22P2S/c54-33-14-17-66(52(77)63-33)47-40(73)43(29(20-69)85-47)89-91(79,80)84-22-31-44(41(74)48(87-31)67-18-15-34(55)64-53(67)78)90-92(81,82)83-21-30-42(39(72)49(86-30)68-25-60-38-45(56)58-24-59-46(38)68)88-50(75)27(19-26-9-3-1-4-10-26)61-36(71)13-5-2-8-16-57-35(70)12-7-6-11-32-37-28(23-93-32)62-51(76)65-37/h1,3-4,9-10,14-15,17-18,24-25,27-32,37,39-44,47-49,69,72-74H,2,5-8,11-13,16,19-23H2,(H,57,70)(H,61,71)(H,79,80)(H,81,82)(H2,54,63,77)(H2,55,64,78)(H2,56,58,59)(H2,62,65,76)/t27-,28-,29+,30+,31+,32-,37-,39+,40+,41+,42+,43+,44+,47+,48+,49+/m0/s1/i54+1,55+1,63+1,64+1/hD. The SMILES string of the molecule is [2H]N(C(=O)CCCCCNC(=O)CCCC[C@@H]1SC[C@@H]2NC(=O)N[C@@H]21)[C@@H](Cc1ccccc1)C(=O)O[C@H]1[C@@H](O)[C@H](n2cnc3c(N)ncnc32)O[C@@H]1COP(=O)(O)O[C@H]1[C@@H](O)[C@H](n2ccc([15NH2])[15n]c2=O)O[C@@H]1COP(=O)(O)O[C@H]1[C@@H](O)[C@H](n2ccc([15NH2])[15n]c2=O)O[C@@H]1CO. The molecule has 5 aromatic rings. The first-order valence-electron chi connectivity index (χ1n) is 29.9. The highest BCUT2D eigenvalue weighted by Gasteiger charge is 2.54. The number of anilines is 3. The minimum atomic E-state index is -5.67. The van der Waals surface area contributed by atoms with Crippen molar-refractivity contribution in [3.63, 3.8) is 0 Å². The van der Waals surface area contributed by atoms with Crippen molar-refractivity contribution in [3.05, 3.63) is 94.0 Å². The van der Waals surface area contributed by atoms with E-state index in [9.17, 15) is 68.1 Å². The molecule has 9 heterocycles. The van der Waals surface area contributed by atoms with Gasteiger partial charge in [-0.15, -0.1) is 0 Å². The predicted molar refractivity (Wildman–Crippen MR) is 321 cm³/mol. The highest BCUT2D eigenvalue weighted by Crippen LogP contribution is 2.52. The molecule has 5 aliphatic rings. The van der Waals surface area contributed by atoms with Crippen LogP contribution in [0.15, 0.2) is 77.1 Å². The molecule has 2 unspecified atom stereocenters. The Kier molecular flexibility index (Phi) is 21.8. The molecule has 93 heavy (non-hydrogen) atoms. The number of nitrogen functional groups attached to an aromatic ring is 3. The average Bonchev–Trinajstić information content (AvgIpc) is 1.67. The number of aromatic nitrogens is 8. The number of esters is 1. The molecule has 506 valence electrons. The van der Waals surface area contributed by atoms with Crippen molar-refractivity contribution in [3.8, 4) is 0 Å². The van der Waals surface area contributed by atoms with E-state index in [4.69, 9.17) is 55.7 Å². The molecule has 37 nitrogen and oxygen atoms in total. The number of unbranched alkanes of at least 4 members (excludes halogenated alkanes) is 3. The van der Waals surface area contributed by atoms with E-state index in [0.717, 1.165) is 54.3 Å². The maximum atomic E-state index is 14.6. The third kappa shape index (κ3) is 16.7. The van der Waals surface area contributed by atoms with E-state index < -0.39 is 138 Å². The van der Waals surface area contributed by atoms with Crippen LogP contribution in [0.5, 0.6) is 0 Å². The van der Waals surface area contributed by atoms with Crippen LogP contribution in [0.1, 0.15) is 75.6 Å². The highest BCUT2D eigenvalue weighted by atomic mass is 32.2. The number of nitrogens with two attached hydrogens (primary N) is 3. The minimum absolute atomic E-state index is 0.0128. The lowest BCUT2D eigenvalue weighted by atomic mass is 10.0. The van der Waals surface area contributed by atoms with Gasteiger partial charge in [0.25, 0.3) is 0 Å². The second kappa shape index (κ2) is 30.1. The number of ether oxygens (including phenoxy) is 4. The number of amides is 4. The second-order valence-corrected chi connectivity index (χ2v) is 26.4. The average molecular weight is 1370 g/mol. The number of fused-ring (bicyclic) bond motifs is 2. The van der Waals surface area contributed by atoms with Gasteiger partial charge in [0.15, 0.2) is 37.7 Å². The van der Waals surface area contributed by atoms with Crippen LogP contribution in [0.4, 0.5) is 22.2 Å². The first-order valence-corrected chi connectivity index (χ1v) is 33.5. The molecule has 5 fully saturated rings. The van der Waals surface area contributed by atoms with Gasteiger partial charge >= 0.3 is 39.0 Å². The summed E-state index contributed by atoms with van der Waals surface area (Å²) in [5.41, 5.74) is 15.7. The number of hydrogen-bond acceptors (Lipinski definition) is 29. The Balaban J connectivity index is 0.801. The number of urea groups is 1. The Morgan fingerprint density at radius 1 is 0.742 bits per heavy atom. The molecule has 4 amide bonds. The number of rotatable bonds is 30. The summed E-state index contributed by atoms with van der Waals surface area (Å²) in [6.07, 6.45) is -14.4. The molecular weight excluding hydrogens is 1300 g/mol. The monoisotopic (exact) mass is 1370 g/mol. The van der Waals surface area contributed by atoms with Gasteiger partial charge in [0.05, 0.1) is 38.2 Å². The van der Waals surface area contributed by atoms with Gasteiger partial charge in [-0.2, -0.15) is 21.7 Å². The highest BCUT2D eigenvalue weighted by molar-refractivity contribution is 8.00. The number of carbonyl (C=O) groups excluding carboxylic acids is 4. The van der Waals surface area contributed by atoms with Crippen LogP contribution < -0.4 is 49.8 Å². The van der Waals surface area contributed by atoms with Gasteiger partial charge in [-0.25, -0.2) is 43.3 Å². The molecule has 4 aromatic heterocycles. The molecule has 10 rings (SSSR count). The Morgan fingerprint density at radius 3 is 1.96 bits per heavy atom. The van der Waals surface area contributed by atoms with E-state index in [-0.39, 0.29) is 77.2 Å². The molecular formula is C53H71N15O22P2S. The number of benzene rings is 1. The Bertz CT molecular complexity index is 3740. The molecule has 5 saturated heterocycles. The summed E-state index contributed by atoms with van der Waals surface area (Å²) in [5.74, 6) is -1.80. The molecule has 0 saturated carbocycles. The van der Waals surface area contributed by atoms with Crippen LogP contribution in [0.25, 0.3) is 11.2 Å². The summed E-state index contributed by atoms with van der Waals surface area (Å²) in [7, 11) is -11.2. The van der Waals surface area contributed by atoms with E-state index in [1.165, 1.54) is 10.6 Å². The minimum Gasteiger partial charge on any atom is -0.455 e. The van der Waals surface area contributed by atoms with Gasteiger partial charge in [0.2, 0.25) is 11.8 Å². The third-order valence-corrected chi connectivity index (χ3v) is 19.4. The van der Waals surface area contributed by atoms with Crippen molar-refractivity contribution in [1.82, 2.24) is 59.9 Å². The number of imidazole rings is 1. The first-order chi connectivity index (χ1) is 44.9. The number of hydrogen-bond donors (Lipinski definition) is 13. The summed E-state index contributed by atoms with van der Waals surface area (Å²) in [4.78, 5) is 120. The fourth-order valence-electron chi connectivity index (χ4n) is 11.3. The molecule has 0 aliphatic carbocycles. The van der Waals surface area contributed by atoms with Crippen LogP contribution in [0.2, 0.25) is 1.41 Å². The fraction of sp³-hybridized carbons (Fsp3) is 0.566. The summed E-state index contributed by atoms with van der Waals surface area (Å²) < 4.78 is 84.3. The molecule has 1 aromatic carbocycles. The maximum Gasteiger partial charge on any atom is 0.472 e. The number of phosphoric ester groups is 2. The first kappa shape index (κ1) is 67.3. The lowest BCUT2D eigenvalue weighted by molar-refractivity contribution is -0.160. The smallest absolute Gasteiger partial charge is 0.455 e. The van der Waals surface area contributed by atoms with E-state index in [1.807, 2.05) is 11.8 Å². The maximum absolute atomic E-state index is 14.6. The number of nitrogens with zero attached hydrogens (tertiary/aromatic N) is 8. The van der Waals surface area contributed by atoms with Gasteiger partial charge in [-0.3, -0.25) is 41.4 Å². The zero-order valence-electron chi connectivity index (χ0n) is 50.3. The number of carbonyl (C=O) groups is 4. The van der Waals surface area contributed by atoms with Gasteiger partial charge < -0.3 is 87.6 Å². The Hall–Kier alpha value is -7.10. The molecule has 40 heteroatoms. The van der Waals surface area contributed by atoms with Crippen molar-refractivity contribution < 1.29 is 97.0 Å². The third-order valence-electron chi connectivity index (χ3n) is 15.9. The van der Waals surface area contributed by atoms with Crippen LogP contribution in [-0.4, -0.2) is 203 Å². The molecule has 0 radical (unpaired) electrons. The van der Waals surface area contributed by atoms with Crippen LogP contribution in [0, 0.1) is 0 Å². The van der Waals surface area contributed by atoms with Crippen molar-refractivity contribution in [2.24, 2.45) is 0 Å². The summed E-state index contributed by atoms with van der Waals surface area (Å²) in [6.45, 7) is -2.88. The molecule has 18 atom stereocenters. The van der Waals surface area contributed by atoms with Crippen molar-refractivity contribution in [2.45, 2.75) is 155 Å². The number of thioether (sulfide) groups is 1. The molecule has 5 aliphatic heterocycles. The van der Waals surface area contributed by atoms with E-state index >= 15 is 0 Å². The number of aliphatic hydroxyl groups excluding tert-OH is 4. The van der Waals surface area contributed by atoms with Gasteiger partial charge in [0, 0.05) is 49.2 Å². The summed E-state index contributed by atoms with van der Waals surface area (Å²) >= 11 is 1.81. The lowest BCUT2D eigenvalue weighted by Gasteiger charge is -2.26. The Morgan fingerprint density at radius 2 is 1.32 bits per heavy atom. The zero-order valence-corrected chi connectivity index (χ0v) is 51.9. The van der Waals surface area contributed by atoms with Crippen LogP contribution in [0.3, 0.4) is 0 Å².